The van der Waals surface area contributed by atoms with Crippen LogP contribution < -0.4 is 0 Å². The van der Waals surface area contributed by atoms with Crippen LogP contribution in [0.2, 0.25) is 0 Å². The van der Waals surface area contributed by atoms with Gasteiger partial charge in [-0.1, -0.05) is 0 Å². The Morgan fingerprint density at radius 2 is 1.88 bits per heavy atom. The van der Waals surface area contributed by atoms with Crippen LogP contribution in [-0.2, 0) is 4.79 Å². The van der Waals surface area contributed by atoms with Crippen LogP contribution in [0.1, 0.15) is 41.5 Å². The van der Waals surface area contributed by atoms with Crippen LogP contribution >= 0.6 is 0 Å². The third-order valence-electron chi connectivity index (χ3n) is 5.11. The van der Waals surface area contributed by atoms with Crippen molar-refractivity contribution in [1.29, 1.82) is 0 Å². The summed E-state index contributed by atoms with van der Waals surface area (Å²) in [4.78, 5) is 32.5. The van der Waals surface area contributed by atoms with E-state index in [9.17, 15) is 18.4 Å². The first-order valence-electron chi connectivity index (χ1n) is 8.58. The summed E-state index contributed by atoms with van der Waals surface area (Å²) in [6.45, 7) is 5.74. The summed E-state index contributed by atoms with van der Waals surface area (Å²) in [5.74, 6) is -3.78. The number of nitrogens with zero attached hydrogens (tertiary/aromatic N) is 3. The molecule has 1 spiro atoms. The van der Waals surface area contributed by atoms with Gasteiger partial charge >= 0.3 is 0 Å². The van der Waals surface area contributed by atoms with Crippen LogP contribution in [0.25, 0.3) is 0 Å². The monoisotopic (exact) mass is 351 g/mol. The number of aryl methyl sites for hydroxylation is 2. The lowest BCUT2D eigenvalue weighted by Gasteiger charge is -2.42. The molecule has 0 unspecified atom stereocenters. The van der Waals surface area contributed by atoms with Crippen LogP contribution in [0.5, 0.6) is 0 Å². The molecule has 1 aromatic rings. The van der Waals surface area contributed by atoms with Gasteiger partial charge in [-0.2, -0.15) is 0 Å². The molecule has 2 amide bonds. The van der Waals surface area contributed by atoms with Crippen LogP contribution in [-0.4, -0.2) is 58.7 Å². The topological polar surface area (TPSA) is 53.5 Å². The van der Waals surface area contributed by atoms with Gasteiger partial charge in [0, 0.05) is 43.0 Å². The molecular formula is C18H23F2N3O2. The van der Waals surface area contributed by atoms with Crippen LogP contribution in [0.4, 0.5) is 8.78 Å². The quantitative estimate of drug-likeness (QED) is 0.822. The lowest BCUT2D eigenvalue weighted by atomic mass is 9.76. The van der Waals surface area contributed by atoms with E-state index in [1.54, 1.807) is 30.9 Å². The van der Waals surface area contributed by atoms with Crippen molar-refractivity contribution in [1.82, 2.24) is 14.8 Å². The molecule has 0 radical (unpaired) electrons. The number of halogens is 2. The standard InChI is InChI=1S/C18H23F2N3O2/c1-4-22-6-5-17(16(22)25)9-18(19,20)11-23(10-17)15(24)14-7-12(2)21-13(3)8-14/h7-8H,4-6,9-11H2,1-3H3/t17-/m1/s1. The van der Waals surface area contributed by atoms with Crippen LogP contribution in [0.15, 0.2) is 12.1 Å². The highest BCUT2D eigenvalue weighted by Gasteiger charge is 2.57. The SMILES string of the molecule is CCN1CC[C@@]2(CN(C(=O)c3cc(C)nc(C)c3)CC(F)(F)C2)C1=O. The minimum Gasteiger partial charge on any atom is -0.342 e. The summed E-state index contributed by atoms with van der Waals surface area (Å²) >= 11 is 0. The van der Waals surface area contributed by atoms with Gasteiger partial charge in [0.05, 0.1) is 12.0 Å². The highest BCUT2D eigenvalue weighted by atomic mass is 19.3. The maximum atomic E-state index is 14.4. The van der Waals surface area contributed by atoms with E-state index in [0.29, 0.717) is 36.5 Å². The number of carbonyl (C=O) groups excluding carboxylic acids is 2. The van der Waals surface area contributed by atoms with E-state index >= 15 is 0 Å². The molecular weight excluding hydrogens is 328 g/mol. The van der Waals surface area contributed by atoms with Gasteiger partial charge in [-0.15, -0.1) is 0 Å². The first-order valence-corrected chi connectivity index (χ1v) is 8.58. The van der Waals surface area contributed by atoms with Crippen molar-refractivity contribution >= 4 is 11.8 Å². The van der Waals surface area contributed by atoms with E-state index in [0.717, 1.165) is 4.90 Å². The van der Waals surface area contributed by atoms with Gasteiger partial charge in [-0.05, 0) is 39.3 Å². The van der Waals surface area contributed by atoms with Crippen LogP contribution in [0, 0.1) is 19.3 Å². The molecule has 2 aliphatic heterocycles. The Bertz CT molecular complexity index is 702. The summed E-state index contributed by atoms with van der Waals surface area (Å²) in [7, 11) is 0. The molecule has 0 N–H and O–H groups in total. The summed E-state index contributed by atoms with van der Waals surface area (Å²) < 4.78 is 28.8. The van der Waals surface area contributed by atoms with Crippen molar-refractivity contribution in [2.75, 3.05) is 26.2 Å². The van der Waals surface area contributed by atoms with Crippen molar-refractivity contribution in [3.8, 4) is 0 Å². The van der Waals surface area contributed by atoms with Gasteiger partial charge in [0.2, 0.25) is 5.91 Å². The molecule has 136 valence electrons. The highest BCUT2D eigenvalue weighted by Crippen LogP contribution is 2.45. The van der Waals surface area contributed by atoms with Gasteiger partial charge in [0.15, 0.2) is 0 Å². The van der Waals surface area contributed by atoms with E-state index in [-0.39, 0.29) is 12.5 Å². The zero-order valence-corrected chi connectivity index (χ0v) is 14.8. The Morgan fingerprint density at radius 3 is 2.44 bits per heavy atom. The second kappa shape index (κ2) is 6.04. The molecule has 2 fully saturated rings. The molecule has 5 nitrogen and oxygen atoms in total. The molecule has 25 heavy (non-hydrogen) atoms. The van der Waals surface area contributed by atoms with E-state index in [1.165, 1.54) is 0 Å². The summed E-state index contributed by atoms with van der Waals surface area (Å²) in [5, 5.41) is 0. The second-order valence-corrected chi connectivity index (χ2v) is 7.25. The zero-order valence-electron chi connectivity index (χ0n) is 14.8. The molecule has 2 aliphatic rings. The number of rotatable bonds is 2. The highest BCUT2D eigenvalue weighted by molar-refractivity contribution is 5.95. The Balaban J connectivity index is 1.91. The fraction of sp³-hybridized carbons (Fsp3) is 0.611. The van der Waals surface area contributed by atoms with Crippen LogP contribution in [0.3, 0.4) is 0 Å². The molecule has 7 heteroatoms. The molecule has 0 saturated carbocycles. The molecule has 1 aromatic heterocycles. The maximum absolute atomic E-state index is 14.4. The molecule has 1 atom stereocenters. The molecule has 3 heterocycles. The summed E-state index contributed by atoms with van der Waals surface area (Å²) in [6, 6.07) is 3.20. The lowest BCUT2D eigenvalue weighted by molar-refractivity contribution is -0.151. The van der Waals surface area contributed by atoms with Gasteiger partial charge in [0.25, 0.3) is 11.8 Å². The minimum atomic E-state index is -3.07. The van der Waals surface area contributed by atoms with Gasteiger partial charge in [-0.3, -0.25) is 14.6 Å². The maximum Gasteiger partial charge on any atom is 0.266 e. The molecule has 0 aromatic carbocycles. The van der Waals surface area contributed by atoms with E-state index in [4.69, 9.17) is 0 Å². The Kier molecular flexibility index (Phi) is 4.29. The van der Waals surface area contributed by atoms with Crippen molar-refractivity contribution in [2.45, 2.75) is 39.5 Å². The minimum absolute atomic E-state index is 0.0528. The first-order chi connectivity index (χ1) is 11.7. The number of hydrogen-bond donors (Lipinski definition) is 0. The lowest BCUT2D eigenvalue weighted by Crippen LogP contribution is -2.57. The fourth-order valence-electron chi connectivity index (χ4n) is 4.10. The van der Waals surface area contributed by atoms with Gasteiger partial charge < -0.3 is 9.80 Å². The fourth-order valence-corrected chi connectivity index (χ4v) is 4.10. The average Bonchev–Trinajstić information content (AvgIpc) is 2.79. The number of hydrogen-bond acceptors (Lipinski definition) is 3. The van der Waals surface area contributed by atoms with Crippen molar-refractivity contribution in [2.24, 2.45) is 5.41 Å². The number of alkyl halides is 2. The Hall–Kier alpha value is -2.05. The normalized spacial score (nSPS) is 25.7. The molecule has 0 aliphatic carbocycles. The number of likely N-dealkylation sites (tertiary alicyclic amines) is 2. The zero-order chi connectivity index (χ0) is 18.4. The predicted molar refractivity (Wildman–Crippen MR) is 88.5 cm³/mol. The largest absolute Gasteiger partial charge is 0.342 e. The molecule has 0 bridgehead atoms. The number of aromatic nitrogens is 1. The van der Waals surface area contributed by atoms with E-state index in [1.807, 2.05) is 6.92 Å². The van der Waals surface area contributed by atoms with E-state index < -0.39 is 30.2 Å². The number of piperidine rings is 1. The van der Waals surface area contributed by atoms with E-state index in [2.05, 4.69) is 4.98 Å². The van der Waals surface area contributed by atoms with Gasteiger partial charge in [0.1, 0.15) is 0 Å². The second-order valence-electron chi connectivity index (χ2n) is 7.25. The third kappa shape index (κ3) is 3.24. The average molecular weight is 351 g/mol. The number of amides is 2. The first kappa shape index (κ1) is 17.8. The number of pyridine rings is 1. The third-order valence-corrected chi connectivity index (χ3v) is 5.11. The smallest absolute Gasteiger partial charge is 0.266 e. The van der Waals surface area contributed by atoms with Crippen molar-refractivity contribution in [3.63, 3.8) is 0 Å². The predicted octanol–water partition coefficient (Wildman–Crippen LogP) is 2.42. The Labute approximate surface area is 146 Å². The Morgan fingerprint density at radius 1 is 1.24 bits per heavy atom. The number of carbonyl (C=O) groups is 2. The van der Waals surface area contributed by atoms with Crippen molar-refractivity contribution in [3.05, 3.63) is 29.1 Å². The molecule has 3 rings (SSSR count). The van der Waals surface area contributed by atoms with Crippen molar-refractivity contribution < 1.29 is 18.4 Å². The summed E-state index contributed by atoms with van der Waals surface area (Å²) in [5.41, 5.74) is 0.507. The summed E-state index contributed by atoms with van der Waals surface area (Å²) in [6.07, 6.45) is -0.110. The van der Waals surface area contributed by atoms with Gasteiger partial charge in [-0.25, -0.2) is 8.78 Å². The molecule has 2 saturated heterocycles.